The lowest BCUT2D eigenvalue weighted by atomic mass is 9.84. The van der Waals surface area contributed by atoms with E-state index >= 15 is 0 Å². The van der Waals surface area contributed by atoms with Crippen molar-refractivity contribution in [3.8, 4) is 0 Å². The molecule has 1 aliphatic carbocycles. The van der Waals surface area contributed by atoms with Gasteiger partial charge in [-0.3, -0.25) is 9.59 Å². The minimum Gasteiger partial charge on any atom is -0.326 e. The summed E-state index contributed by atoms with van der Waals surface area (Å²) in [6.45, 7) is 5.87. The van der Waals surface area contributed by atoms with Crippen LogP contribution in [0.4, 0.5) is 11.4 Å². The Bertz CT molecular complexity index is 630. The molecule has 0 atom stereocenters. The number of fused-ring (bicyclic) bond motifs is 1. The Morgan fingerprint density at radius 2 is 2.00 bits per heavy atom. The smallest absolute Gasteiger partial charge is 0.236 e. The molecule has 112 valence electrons. The third-order valence-corrected chi connectivity index (χ3v) is 4.89. The molecule has 4 nitrogen and oxygen atoms in total. The number of hydrogen-bond donors (Lipinski definition) is 1. The van der Waals surface area contributed by atoms with Crippen molar-refractivity contribution in [3.05, 3.63) is 23.3 Å². The summed E-state index contributed by atoms with van der Waals surface area (Å²) in [5.74, 6) is 0.370. The lowest BCUT2D eigenvalue weighted by Gasteiger charge is -2.24. The van der Waals surface area contributed by atoms with Crippen molar-refractivity contribution < 1.29 is 9.59 Å². The maximum absolute atomic E-state index is 12.4. The summed E-state index contributed by atoms with van der Waals surface area (Å²) in [7, 11) is 1.82. The van der Waals surface area contributed by atoms with Gasteiger partial charge in [0, 0.05) is 18.7 Å². The summed E-state index contributed by atoms with van der Waals surface area (Å²) in [5.41, 5.74) is 3.27. The molecule has 1 N–H and O–H groups in total. The molecule has 2 amide bonds. The zero-order chi connectivity index (χ0) is 15.4. The summed E-state index contributed by atoms with van der Waals surface area (Å²) < 4.78 is 0. The molecule has 1 fully saturated rings. The summed E-state index contributed by atoms with van der Waals surface area (Å²) >= 11 is 0. The summed E-state index contributed by atoms with van der Waals surface area (Å²) in [5, 5.41) is 3.01. The van der Waals surface area contributed by atoms with Crippen LogP contribution in [0.5, 0.6) is 0 Å². The fourth-order valence-electron chi connectivity index (χ4n) is 3.32. The monoisotopic (exact) mass is 286 g/mol. The van der Waals surface area contributed by atoms with Gasteiger partial charge in [0.05, 0.1) is 11.1 Å². The molecule has 3 rings (SSSR count). The maximum Gasteiger partial charge on any atom is 0.236 e. The van der Waals surface area contributed by atoms with Crippen molar-refractivity contribution in [2.24, 2.45) is 5.92 Å². The highest BCUT2D eigenvalue weighted by Crippen LogP contribution is 2.44. The first-order valence-electron chi connectivity index (χ1n) is 7.56. The topological polar surface area (TPSA) is 49.4 Å². The first kappa shape index (κ1) is 14.1. The number of nitrogens with one attached hydrogen (secondary N) is 1. The van der Waals surface area contributed by atoms with Crippen LogP contribution in [0, 0.1) is 12.8 Å². The third kappa shape index (κ3) is 2.04. The van der Waals surface area contributed by atoms with Crippen LogP contribution in [0.15, 0.2) is 12.1 Å². The van der Waals surface area contributed by atoms with E-state index in [0.29, 0.717) is 0 Å². The minimum atomic E-state index is -0.536. The fraction of sp³-hybridized carbons (Fsp3) is 0.529. The number of hydrogen-bond acceptors (Lipinski definition) is 2. The lowest BCUT2D eigenvalue weighted by molar-refractivity contribution is -0.122. The van der Waals surface area contributed by atoms with Gasteiger partial charge in [0.25, 0.3) is 0 Å². The quantitative estimate of drug-likeness (QED) is 0.908. The minimum absolute atomic E-state index is 0.100. The van der Waals surface area contributed by atoms with E-state index in [0.717, 1.165) is 41.8 Å². The summed E-state index contributed by atoms with van der Waals surface area (Å²) in [4.78, 5) is 26.2. The molecule has 1 heterocycles. The predicted octanol–water partition coefficient (Wildman–Crippen LogP) is 2.99. The molecular weight excluding hydrogens is 264 g/mol. The van der Waals surface area contributed by atoms with Gasteiger partial charge in [-0.1, -0.05) is 6.42 Å². The average molecular weight is 286 g/mol. The Balaban J connectivity index is 1.96. The molecule has 1 saturated carbocycles. The molecule has 0 aromatic heterocycles. The molecule has 0 unspecified atom stereocenters. The highest BCUT2D eigenvalue weighted by atomic mass is 16.2. The van der Waals surface area contributed by atoms with Crippen molar-refractivity contribution >= 4 is 23.2 Å². The van der Waals surface area contributed by atoms with Crippen LogP contribution >= 0.6 is 0 Å². The molecular formula is C17H22N2O2. The molecule has 1 aromatic rings. The van der Waals surface area contributed by atoms with Crippen LogP contribution < -0.4 is 10.2 Å². The Morgan fingerprint density at radius 3 is 2.57 bits per heavy atom. The van der Waals surface area contributed by atoms with Gasteiger partial charge >= 0.3 is 0 Å². The maximum atomic E-state index is 12.4. The highest BCUT2D eigenvalue weighted by molar-refractivity contribution is 6.08. The highest BCUT2D eigenvalue weighted by Gasteiger charge is 2.43. The Hall–Kier alpha value is -1.84. The number of aryl methyl sites for hydroxylation is 1. The predicted molar refractivity (Wildman–Crippen MR) is 83.6 cm³/mol. The number of benzene rings is 1. The van der Waals surface area contributed by atoms with E-state index < -0.39 is 5.41 Å². The summed E-state index contributed by atoms with van der Waals surface area (Å²) in [6, 6.07) is 3.92. The van der Waals surface area contributed by atoms with Gasteiger partial charge in [-0.2, -0.15) is 0 Å². The van der Waals surface area contributed by atoms with Crippen LogP contribution in [-0.2, 0) is 15.0 Å². The average Bonchev–Trinajstić information content (AvgIpc) is 2.49. The van der Waals surface area contributed by atoms with Gasteiger partial charge in [-0.05, 0) is 56.9 Å². The zero-order valence-corrected chi connectivity index (χ0v) is 13.1. The van der Waals surface area contributed by atoms with Crippen LogP contribution in [0.3, 0.4) is 0 Å². The van der Waals surface area contributed by atoms with E-state index in [9.17, 15) is 9.59 Å². The molecule has 2 aliphatic rings. The molecule has 0 spiro atoms. The molecule has 4 heteroatoms. The second-order valence-corrected chi connectivity index (χ2v) is 6.80. The first-order chi connectivity index (χ1) is 9.82. The van der Waals surface area contributed by atoms with Crippen LogP contribution in [0.25, 0.3) is 0 Å². The van der Waals surface area contributed by atoms with Crippen molar-refractivity contribution in [2.75, 3.05) is 17.3 Å². The van der Waals surface area contributed by atoms with Crippen LogP contribution in [-0.4, -0.2) is 18.9 Å². The number of nitrogens with zero attached hydrogens (tertiary/aromatic N) is 1. The van der Waals surface area contributed by atoms with E-state index in [1.165, 1.54) is 0 Å². The van der Waals surface area contributed by atoms with Crippen LogP contribution in [0.2, 0.25) is 0 Å². The van der Waals surface area contributed by atoms with Gasteiger partial charge in [0.1, 0.15) is 0 Å². The SMILES string of the molecule is Cc1cc(NC(=O)C2CCC2)cc2c1N(C)C(=O)C2(C)C. The Labute approximate surface area is 125 Å². The molecule has 0 bridgehead atoms. The number of rotatable bonds is 2. The second-order valence-electron chi connectivity index (χ2n) is 6.80. The van der Waals surface area contributed by atoms with Gasteiger partial charge < -0.3 is 10.2 Å². The van der Waals surface area contributed by atoms with Crippen molar-refractivity contribution in [1.82, 2.24) is 0 Å². The van der Waals surface area contributed by atoms with E-state index in [1.54, 1.807) is 4.90 Å². The standard InChI is InChI=1S/C17H22N2O2/c1-10-8-12(18-15(20)11-6-5-7-11)9-13-14(10)19(4)16(21)17(13,2)3/h8-9,11H,5-7H2,1-4H3,(H,18,20). The van der Waals surface area contributed by atoms with Gasteiger partial charge in [-0.15, -0.1) is 0 Å². The number of anilines is 2. The van der Waals surface area contributed by atoms with E-state index in [1.807, 2.05) is 40.0 Å². The zero-order valence-electron chi connectivity index (χ0n) is 13.1. The van der Waals surface area contributed by atoms with E-state index in [2.05, 4.69) is 5.32 Å². The van der Waals surface area contributed by atoms with E-state index in [-0.39, 0.29) is 17.7 Å². The first-order valence-corrected chi connectivity index (χ1v) is 7.56. The fourth-order valence-corrected chi connectivity index (χ4v) is 3.32. The van der Waals surface area contributed by atoms with Gasteiger partial charge in [-0.25, -0.2) is 0 Å². The lowest BCUT2D eigenvalue weighted by Crippen LogP contribution is -2.33. The van der Waals surface area contributed by atoms with E-state index in [4.69, 9.17) is 0 Å². The number of amides is 2. The molecule has 0 radical (unpaired) electrons. The third-order valence-electron chi connectivity index (χ3n) is 4.89. The number of carbonyl (C=O) groups is 2. The van der Waals surface area contributed by atoms with Gasteiger partial charge in [0.15, 0.2) is 0 Å². The van der Waals surface area contributed by atoms with Crippen molar-refractivity contribution in [2.45, 2.75) is 45.4 Å². The normalized spacial score (nSPS) is 20.2. The number of carbonyl (C=O) groups excluding carboxylic acids is 2. The summed E-state index contributed by atoms with van der Waals surface area (Å²) in [6.07, 6.45) is 3.12. The second kappa shape index (κ2) is 4.58. The molecule has 0 saturated heterocycles. The largest absolute Gasteiger partial charge is 0.326 e. The van der Waals surface area contributed by atoms with Gasteiger partial charge in [0.2, 0.25) is 11.8 Å². The van der Waals surface area contributed by atoms with Crippen LogP contribution in [0.1, 0.15) is 44.2 Å². The van der Waals surface area contributed by atoms with Crippen molar-refractivity contribution in [1.29, 1.82) is 0 Å². The Morgan fingerprint density at radius 1 is 1.33 bits per heavy atom. The molecule has 21 heavy (non-hydrogen) atoms. The molecule has 1 aliphatic heterocycles. The van der Waals surface area contributed by atoms with Crippen molar-refractivity contribution in [3.63, 3.8) is 0 Å². The molecule has 1 aromatic carbocycles. The number of likely N-dealkylation sites (N-methyl/N-ethyl adjacent to an activating group) is 1. The Kier molecular flexibility index (Phi) is 3.08.